The molecule has 0 aliphatic heterocycles. The third kappa shape index (κ3) is 1.20. The summed E-state index contributed by atoms with van der Waals surface area (Å²) in [6, 6.07) is 1.29. The van der Waals surface area contributed by atoms with Crippen molar-refractivity contribution < 1.29 is 9.90 Å². The van der Waals surface area contributed by atoms with Crippen LogP contribution in [0.25, 0.3) is 11.0 Å². The molecular weight excluding hydrogens is 196 g/mol. The molecule has 0 unspecified atom stereocenters. The first kappa shape index (κ1) is 9.09. The molecule has 0 aliphatic carbocycles. The summed E-state index contributed by atoms with van der Waals surface area (Å²) in [5.41, 5.74) is -0.0419. The highest BCUT2D eigenvalue weighted by Gasteiger charge is 2.17. The van der Waals surface area contributed by atoms with Crippen molar-refractivity contribution >= 4 is 17.0 Å². The van der Waals surface area contributed by atoms with Gasteiger partial charge < -0.3 is 15.1 Å². The Morgan fingerprint density at radius 3 is 2.87 bits per heavy atom. The maximum atomic E-state index is 11.5. The summed E-state index contributed by atoms with van der Waals surface area (Å²) in [6.07, 6.45) is 6.61. The first-order valence-corrected chi connectivity index (χ1v) is 4.08. The van der Waals surface area contributed by atoms with Gasteiger partial charge in [-0.1, -0.05) is 5.92 Å². The van der Waals surface area contributed by atoms with Crippen LogP contribution in [0.1, 0.15) is 16.1 Å². The van der Waals surface area contributed by atoms with Gasteiger partial charge in [-0.2, -0.15) is 0 Å². The van der Waals surface area contributed by atoms with Crippen molar-refractivity contribution in [3.63, 3.8) is 0 Å². The number of terminal acetylenes is 1. The first-order chi connectivity index (χ1) is 7.15. The number of fused-ring (bicyclic) bond motifs is 1. The van der Waals surface area contributed by atoms with Crippen LogP contribution in [0.2, 0.25) is 0 Å². The van der Waals surface area contributed by atoms with Crippen LogP contribution >= 0.6 is 0 Å². The van der Waals surface area contributed by atoms with Gasteiger partial charge in [-0.25, -0.2) is 4.79 Å². The quantitative estimate of drug-likeness (QED) is 0.590. The molecule has 15 heavy (non-hydrogen) atoms. The van der Waals surface area contributed by atoms with Gasteiger partial charge in [0, 0.05) is 12.3 Å². The van der Waals surface area contributed by atoms with Gasteiger partial charge in [0.15, 0.2) is 5.43 Å². The van der Waals surface area contributed by atoms with E-state index >= 15 is 0 Å². The minimum atomic E-state index is -1.19. The predicted octanol–water partition coefficient (Wildman–Crippen LogP) is 0.536. The summed E-state index contributed by atoms with van der Waals surface area (Å²) in [5.74, 6) is 1.02. The van der Waals surface area contributed by atoms with E-state index in [0.717, 1.165) is 0 Å². The van der Waals surface area contributed by atoms with E-state index < -0.39 is 5.97 Å². The number of pyridine rings is 1. The van der Waals surface area contributed by atoms with Crippen molar-refractivity contribution in [3.8, 4) is 12.3 Å². The second kappa shape index (κ2) is 3.03. The van der Waals surface area contributed by atoms with Gasteiger partial charge in [-0.05, 0) is 0 Å². The topological polar surface area (TPSA) is 85.9 Å². The maximum absolute atomic E-state index is 11.5. The molecule has 5 heteroatoms. The highest BCUT2D eigenvalue weighted by molar-refractivity contribution is 5.98. The zero-order chi connectivity index (χ0) is 11.0. The summed E-state index contributed by atoms with van der Waals surface area (Å²) in [6.45, 7) is 0. The van der Waals surface area contributed by atoms with Gasteiger partial charge in [0.1, 0.15) is 11.3 Å². The number of hydrogen-bond acceptors (Lipinski definition) is 2. The molecule has 0 bridgehead atoms. The highest BCUT2D eigenvalue weighted by Crippen LogP contribution is 2.16. The van der Waals surface area contributed by atoms with Gasteiger partial charge >= 0.3 is 5.97 Å². The summed E-state index contributed by atoms with van der Waals surface area (Å²) < 4.78 is 0. The average molecular weight is 202 g/mol. The molecular formula is C10H6N2O3. The third-order valence-corrected chi connectivity index (χ3v) is 2.07. The van der Waals surface area contributed by atoms with Gasteiger partial charge in [0.25, 0.3) is 0 Å². The number of aromatic amines is 2. The molecule has 2 aromatic rings. The smallest absolute Gasteiger partial charge is 0.353 e. The lowest BCUT2D eigenvalue weighted by Crippen LogP contribution is -2.01. The molecule has 2 rings (SSSR count). The number of nitrogens with one attached hydrogen (secondary N) is 2. The lowest BCUT2D eigenvalue weighted by Gasteiger charge is -1.88. The van der Waals surface area contributed by atoms with E-state index in [-0.39, 0.29) is 22.1 Å². The molecule has 0 saturated carbocycles. The predicted molar refractivity (Wildman–Crippen MR) is 53.8 cm³/mol. The van der Waals surface area contributed by atoms with Crippen LogP contribution in [0.5, 0.6) is 0 Å². The number of H-pyrrole nitrogens is 2. The van der Waals surface area contributed by atoms with Crippen LogP contribution in [-0.4, -0.2) is 21.0 Å². The van der Waals surface area contributed by atoms with E-state index in [1.54, 1.807) is 0 Å². The van der Waals surface area contributed by atoms with Gasteiger partial charge in [0.05, 0.1) is 10.9 Å². The van der Waals surface area contributed by atoms with Crippen molar-refractivity contribution in [2.24, 2.45) is 0 Å². The van der Waals surface area contributed by atoms with Crippen LogP contribution in [0.4, 0.5) is 0 Å². The van der Waals surface area contributed by atoms with E-state index in [9.17, 15) is 9.59 Å². The zero-order valence-corrected chi connectivity index (χ0v) is 7.50. The first-order valence-electron chi connectivity index (χ1n) is 4.08. The lowest BCUT2D eigenvalue weighted by atomic mass is 10.2. The Hall–Kier alpha value is -2.48. The fourth-order valence-corrected chi connectivity index (χ4v) is 1.44. The van der Waals surface area contributed by atoms with E-state index in [1.807, 2.05) is 0 Å². The van der Waals surface area contributed by atoms with E-state index in [4.69, 9.17) is 11.5 Å². The molecule has 3 N–H and O–H groups in total. The molecule has 2 heterocycles. The molecule has 0 spiro atoms. The Bertz CT molecular complexity index is 643. The summed E-state index contributed by atoms with van der Waals surface area (Å²) >= 11 is 0. The number of carbonyl (C=O) groups is 1. The van der Waals surface area contributed by atoms with E-state index in [2.05, 4.69) is 15.9 Å². The Kier molecular flexibility index (Phi) is 1.83. The van der Waals surface area contributed by atoms with Crippen LogP contribution in [-0.2, 0) is 0 Å². The SMILES string of the molecule is C#Cc1c(C(=O)O)[nH]c2[nH]ccc(=O)c12. The van der Waals surface area contributed by atoms with Crippen molar-refractivity contribution in [1.82, 2.24) is 9.97 Å². The Balaban J connectivity index is 3.01. The van der Waals surface area contributed by atoms with Crippen molar-refractivity contribution in [2.45, 2.75) is 0 Å². The molecule has 0 aliphatic rings. The van der Waals surface area contributed by atoms with Crippen LogP contribution in [0.15, 0.2) is 17.1 Å². The van der Waals surface area contributed by atoms with Crippen molar-refractivity contribution in [2.75, 3.05) is 0 Å². The Labute approximate surface area is 83.8 Å². The largest absolute Gasteiger partial charge is 0.477 e. The zero-order valence-electron chi connectivity index (χ0n) is 7.50. The molecule has 0 aromatic carbocycles. The minimum Gasteiger partial charge on any atom is -0.477 e. The number of rotatable bonds is 1. The fraction of sp³-hybridized carbons (Fsp3) is 0. The van der Waals surface area contributed by atoms with Crippen molar-refractivity contribution in [1.29, 1.82) is 0 Å². The summed E-state index contributed by atoms with van der Waals surface area (Å²) in [7, 11) is 0. The maximum Gasteiger partial charge on any atom is 0.353 e. The molecule has 0 amide bonds. The molecule has 0 fully saturated rings. The summed E-state index contributed by atoms with van der Waals surface area (Å²) in [5, 5.41) is 9.05. The van der Waals surface area contributed by atoms with Gasteiger partial charge in [0.2, 0.25) is 0 Å². The Morgan fingerprint density at radius 1 is 1.53 bits per heavy atom. The molecule has 5 nitrogen and oxygen atoms in total. The highest BCUT2D eigenvalue weighted by atomic mass is 16.4. The molecule has 74 valence electrons. The second-order valence-corrected chi connectivity index (χ2v) is 2.92. The lowest BCUT2D eigenvalue weighted by molar-refractivity contribution is 0.0691. The van der Waals surface area contributed by atoms with Crippen LogP contribution in [0, 0.1) is 12.3 Å². The van der Waals surface area contributed by atoms with E-state index in [1.165, 1.54) is 12.3 Å². The number of carboxylic acid groups (broad SMARTS) is 1. The number of aromatic carboxylic acids is 1. The minimum absolute atomic E-state index is 0.0827. The van der Waals surface area contributed by atoms with E-state index in [0.29, 0.717) is 5.65 Å². The van der Waals surface area contributed by atoms with Gasteiger partial charge in [-0.3, -0.25) is 4.79 Å². The summed E-state index contributed by atoms with van der Waals surface area (Å²) in [4.78, 5) is 27.6. The average Bonchev–Trinajstić information content (AvgIpc) is 2.57. The van der Waals surface area contributed by atoms with Crippen LogP contribution < -0.4 is 5.43 Å². The standard InChI is InChI=1S/C10H6N2O3/c1-2-5-7-6(13)3-4-11-9(7)12-8(5)10(14)15/h1,3-4H,(H,14,15)(H2,11,12,13). The fourth-order valence-electron chi connectivity index (χ4n) is 1.44. The molecule has 0 saturated heterocycles. The monoisotopic (exact) mass is 202 g/mol. The third-order valence-electron chi connectivity index (χ3n) is 2.07. The normalized spacial score (nSPS) is 10.1. The molecule has 0 atom stereocenters. The van der Waals surface area contributed by atoms with Crippen molar-refractivity contribution in [3.05, 3.63) is 33.7 Å². The number of hydrogen-bond donors (Lipinski definition) is 3. The number of carboxylic acids is 1. The number of aromatic nitrogens is 2. The van der Waals surface area contributed by atoms with Gasteiger partial charge in [-0.15, -0.1) is 6.42 Å². The molecule has 0 radical (unpaired) electrons. The molecule has 2 aromatic heterocycles. The van der Waals surface area contributed by atoms with Crippen LogP contribution in [0.3, 0.4) is 0 Å². The Morgan fingerprint density at radius 2 is 2.27 bits per heavy atom. The second-order valence-electron chi connectivity index (χ2n) is 2.92.